The maximum Gasteiger partial charge on any atom is 0.123 e. The number of hydrogen-bond acceptors (Lipinski definition) is 3. The molecule has 2 rings (SSSR count). The van der Waals surface area contributed by atoms with E-state index >= 15 is 0 Å². The van der Waals surface area contributed by atoms with Crippen LogP contribution in [0.3, 0.4) is 0 Å². The standard InChI is InChI=1S/C16H22N2O/c1-12-7-14(15(19-4)8-13(12)2)9-18(3)11-16(10-17)5-6-16/h7-8H,5-6,9,11H2,1-4H3. The smallest absolute Gasteiger partial charge is 0.123 e. The lowest BCUT2D eigenvalue weighted by Crippen LogP contribution is -2.25. The summed E-state index contributed by atoms with van der Waals surface area (Å²) in [6.07, 6.45) is 2.08. The number of nitriles is 1. The monoisotopic (exact) mass is 258 g/mol. The van der Waals surface area contributed by atoms with Crippen LogP contribution in [0.4, 0.5) is 0 Å². The molecule has 1 aromatic rings. The van der Waals surface area contributed by atoms with Crippen LogP contribution >= 0.6 is 0 Å². The van der Waals surface area contributed by atoms with E-state index in [1.807, 2.05) is 0 Å². The van der Waals surface area contributed by atoms with E-state index in [9.17, 15) is 0 Å². The third-order valence-corrected chi connectivity index (χ3v) is 4.00. The van der Waals surface area contributed by atoms with Gasteiger partial charge in [-0.3, -0.25) is 0 Å². The topological polar surface area (TPSA) is 36.3 Å². The molecule has 0 spiro atoms. The first kappa shape index (κ1) is 13.9. The normalized spacial score (nSPS) is 16.2. The van der Waals surface area contributed by atoms with Gasteiger partial charge < -0.3 is 9.64 Å². The maximum atomic E-state index is 9.15. The molecule has 1 aliphatic carbocycles. The summed E-state index contributed by atoms with van der Waals surface area (Å²) in [5, 5.41) is 9.15. The van der Waals surface area contributed by atoms with Crippen LogP contribution in [0, 0.1) is 30.6 Å². The van der Waals surface area contributed by atoms with Gasteiger partial charge in [-0.25, -0.2) is 0 Å². The van der Waals surface area contributed by atoms with Crippen LogP contribution in [-0.4, -0.2) is 25.6 Å². The van der Waals surface area contributed by atoms with Crippen molar-refractivity contribution in [2.75, 3.05) is 20.7 Å². The van der Waals surface area contributed by atoms with Gasteiger partial charge >= 0.3 is 0 Å². The number of ether oxygens (including phenoxy) is 1. The molecule has 1 fully saturated rings. The summed E-state index contributed by atoms with van der Waals surface area (Å²) in [5.74, 6) is 0.941. The van der Waals surface area contributed by atoms with Gasteiger partial charge in [0.05, 0.1) is 18.6 Å². The van der Waals surface area contributed by atoms with Gasteiger partial charge in [0, 0.05) is 18.7 Å². The summed E-state index contributed by atoms with van der Waals surface area (Å²) in [4.78, 5) is 2.23. The number of rotatable bonds is 5. The SMILES string of the molecule is COc1cc(C)c(C)cc1CN(C)CC1(C#N)CC1. The van der Waals surface area contributed by atoms with Gasteiger partial charge in [0.1, 0.15) is 5.75 Å². The van der Waals surface area contributed by atoms with Crippen molar-refractivity contribution in [1.29, 1.82) is 5.26 Å². The fourth-order valence-corrected chi connectivity index (χ4v) is 2.48. The molecule has 102 valence electrons. The molecular weight excluding hydrogens is 236 g/mol. The average molecular weight is 258 g/mol. The molecule has 0 unspecified atom stereocenters. The van der Waals surface area contributed by atoms with Crippen molar-refractivity contribution in [3.8, 4) is 11.8 Å². The van der Waals surface area contributed by atoms with E-state index in [2.05, 4.69) is 44.0 Å². The highest BCUT2D eigenvalue weighted by Crippen LogP contribution is 2.45. The Bertz CT molecular complexity index is 512. The second-order valence-corrected chi connectivity index (χ2v) is 5.81. The molecule has 0 radical (unpaired) electrons. The first-order valence-corrected chi connectivity index (χ1v) is 6.73. The first-order chi connectivity index (χ1) is 8.99. The lowest BCUT2D eigenvalue weighted by molar-refractivity contribution is 0.281. The molecule has 1 aliphatic rings. The van der Waals surface area contributed by atoms with Crippen LogP contribution in [0.1, 0.15) is 29.5 Å². The largest absolute Gasteiger partial charge is 0.496 e. The Morgan fingerprint density at radius 2 is 1.95 bits per heavy atom. The summed E-state index contributed by atoms with van der Waals surface area (Å²) in [6.45, 7) is 5.89. The molecule has 0 aliphatic heterocycles. The number of hydrogen-bond donors (Lipinski definition) is 0. The van der Waals surface area contributed by atoms with E-state index in [-0.39, 0.29) is 5.41 Å². The maximum absolute atomic E-state index is 9.15. The van der Waals surface area contributed by atoms with Crippen molar-refractivity contribution in [3.05, 3.63) is 28.8 Å². The quantitative estimate of drug-likeness (QED) is 0.814. The Labute approximate surface area is 115 Å². The Morgan fingerprint density at radius 3 is 2.47 bits per heavy atom. The van der Waals surface area contributed by atoms with Gasteiger partial charge in [-0.15, -0.1) is 0 Å². The lowest BCUT2D eigenvalue weighted by Gasteiger charge is -2.21. The molecule has 0 heterocycles. The van der Waals surface area contributed by atoms with Crippen LogP contribution < -0.4 is 4.74 Å². The zero-order valence-electron chi connectivity index (χ0n) is 12.3. The summed E-state index contributed by atoms with van der Waals surface area (Å²) in [5.41, 5.74) is 3.65. The molecular formula is C16H22N2O. The summed E-state index contributed by atoms with van der Waals surface area (Å²) in [6, 6.07) is 6.73. The molecule has 1 aromatic carbocycles. The van der Waals surface area contributed by atoms with Gasteiger partial charge in [0.2, 0.25) is 0 Å². The van der Waals surface area contributed by atoms with Crippen LogP contribution in [0.2, 0.25) is 0 Å². The third-order valence-electron chi connectivity index (χ3n) is 4.00. The lowest BCUT2D eigenvalue weighted by atomic mass is 10.0. The van der Waals surface area contributed by atoms with Crippen molar-refractivity contribution in [3.63, 3.8) is 0 Å². The fourth-order valence-electron chi connectivity index (χ4n) is 2.48. The predicted molar refractivity (Wildman–Crippen MR) is 76.1 cm³/mol. The van der Waals surface area contributed by atoms with Crippen molar-refractivity contribution >= 4 is 0 Å². The Kier molecular flexibility index (Phi) is 3.82. The second-order valence-electron chi connectivity index (χ2n) is 5.81. The number of methoxy groups -OCH3 is 1. The van der Waals surface area contributed by atoms with Crippen molar-refractivity contribution in [2.24, 2.45) is 5.41 Å². The van der Waals surface area contributed by atoms with Crippen molar-refractivity contribution in [1.82, 2.24) is 4.90 Å². The van der Waals surface area contributed by atoms with Gasteiger partial charge in [-0.2, -0.15) is 5.26 Å². The highest BCUT2D eigenvalue weighted by atomic mass is 16.5. The number of aryl methyl sites for hydroxylation is 2. The van der Waals surface area contributed by atoms with Crippen molar-refractivity contribution in [2.45, 2.75) is 33.2 Å². The van der Waals surface area contributed by atoms with Crippen LogP contribution in [-0.2, 0) is 6.54 Å². The number of benzene rings is 1. The van der Waals surface area contributed by atoms with Crippen molar-refractivity contribution < 1.29 is 4.74 Å². The minimum absolute atomic E-state index is 0.0816. The zero-order chi connectivity index (χ0) is 14.0. The highest BCUT2D eigenvalue weighted by molar-refractivity contribution is 5.41. The van der Waals surface area contributed by atoms with Gasteiger partial charge in [0.15, 0.2) is 0 Å². The van der Waals surface area contributed by atoms with E-state index in [1.54, 1.807) is 7.11 Å². The molecule has 0 aromatic heterocycles. The Morgan fingerprint density at radius 1 is 1.32 bits per heavy atom. The van der Waals surface area contributed by atoms with E-state index in [0.29, 0.717) is 0 Å². The molecule has 0 amide bonds. The van der Waals surface area contributed by atoms with E-state index in [4.69, 9.17) is 10.00 Å². The summed E-state index contributed by atoms with van der Waals surface area (Å²) >= 11 is 0. The minimum Gasteiger partial charge on any atom is -0.496 e. The van der Waals surface area contributed by atoms with E-state index in [0.717, 1.165) is 31.7 Å². The Balaban J connectivity index is 2.10. The predicted octanol–water partition coefficient (Wildman–Crippen LogP) is 3.05. The van der Waals surface area contributed by atoms with Crippen LogP contribution in [0.15, 0.2) is 12.1 Å². The Hall–Kier alpha value is -1.53. The molecule has 0 bridgehead atoms. The third kappa shape index (κ3) is 3.08. The number of nitrogens with zero attached hydrogens (tertiary/aromatic N) is 2. The second kappa shape index (κ2) is 5.22. The zero-order valence-corrected chi connectivity index (χ0v) is 12.3. The molecule has 1 saturated carbocycles. The van der Waals surface area contributed by atoms with Gasteiger partial charge in [-0.1, -0.05) is 6.07 Å². The van der Waals surface area contributed by atoms with Gasteiger partial charge in [-0.05, 0) is 50.9 Å². The molecule has 3 heteroatoms. The fraction of sp³-hybridized carbons (Fsp3) is 0.562. The molecule has 0 saturated heterocycles. The summed E-state index contributed by atoms with van der Waals surface area (Å²) in [7, 11) is 3.79. The van der Waals surface area contributed by atoms with Gasteiger partial charge in [0.25, 0.3) is 0 Å². The summed E-state index contributed by atoms with van der Waals surface area (Å²) < 4.78 is 5.46. The molecule has 0 N–H and O–H groups in total. The average Bonchev–Trinajstić information content (AvgIpc) is 3.13. The van der Waals surface area contributed by atoms with Crippen LogP contribution in [0.5, 0.6) is 5.75 Å². The highest BCUT2D eigenvalue weighted by Gasteiger charge is 2.43. The van der Waals surface area contributed by atoms with E-state index in [1.165, 1.54) is 16.7 Å². The molecule has 3 nitrogen and oxygen atoms in total. The molecule has 0 atom stereocenters. The first-order valence-electron chi connectivity index (χ1n) is 6.73. The minimum atomic E-state index is -0.0816. The van der Waals surface area contributed by atoms with E-state index < -0.39 is 0 Å². The molecule has 19 heavy (non-hydrogen) atoms. The van der Waals surface area contributed by atoms with Crippen LogP contribution in [0.25, 0.3) is 0 Å².